The van der Waals surface area contributed by atoms with Gasteiger partial charge in [0, 0.05) is 40.3 Å². The summed E-state index contributed by atoms with van der Waals surface area (Å²) in [7, 11) is 4.44. The fourth-order valence-corrected chi connectivity index (χ4v) is 4.81. The Hall–Kier alpha value is 0.0900. The van der Waals surface area contributed by atoms with Crippen molar-refractivity contribution in [1.29, 1.82) is 0 Å². The van der Waals surface area contributed by atoms with Gasteiger partial charge in [0.15, 0.2) is 0 Å². The van der Waals surface area contributed by atoms with E-state index in [1.54, 1.807) is 0 Å². The first-order valence-corrected chi connectivity index (χ1v) is 8.63. The van der Waals surface area contributed by atoms with Crippen LogP contribution in [0.25, 0.3) is 0 Å². The van der Waals surface area contributed by atoms with Crippen molar-refractivity contribution in [1.82, 2.24) is 12.9 Å². The lowest BCUT2D eigenvalue weighted by molar-refractivity contribution is -0.00000514. The van der Waals surface area contributed by atoms with E-state index in [-0.39, 0.29) is 20.9 Å². The predicted octanol–water partition coefficient (Wildman–Crippen LogP) is 0.312. The molecule has 0 saturated carbocycles. The van der Waals surface area contributed by atoms with Crippen molar-refractivity contribution in [3.05, 3.63) is 0 Å². The molecule has 6 heteroatoms. The average molecular weight is 316 g/mol. The van der Waals surface area contributed by atoms with Gasteiger partial charge in [0.1, 0.15) is 0 Å². The molecular formula is C14H35F2N3S. The molecule has 0 aliphatic carbocycles. The van der Waals surface area contributed by atoms with E-state index in [1.165, 1.54) is 51.9 Å². The third-order valence-corrected chi connectivity index (χ3v) is 4.99. The van der Waals surface area contributed by atoms with Crippen molar-refractivity contribution in [3.63, 3.8) is 0 Å². The second-order valence-corrected chi connectivity index (χ2v) is 7.17. The zero-order valence-corrected chi connectivity index (χ0v) is 15.0. The summed E-state index contributed by atoms with van der Waals surface area (Å²) in [6.07, 6.45) is 4.96. The highest BCUT2D eigenvalue weighted by molar-refractivity contribution is 7.90. The minimum atomic E-state index is 0. The molecule has 0 radical (unpaired) electrons. The summed E-state index contributed by atoms with van der Waals surface area (Å²) in [5.74, 6) is 0. The van der Waals surface area contributed by atoms with Crippen LogP contribution >= 0.6 is 0 Å². The predicted molar refractivity (Wildman–Crippen MR) is 87.9 cm³/mol. The molecule has 0 amide bonds. The lowest BCUT2D eigenvalue weighted by atomic mass is 10.4. The Morgan fingerprint density at radius 3 is 1.05 bits per heavy atom. The molecule has 0 aromatic rings. The maximum atomic E-state index is 2.66. The number of hydrogen-bond acceptors (Lipinski definition) is 3. The summed E-state index contributed by atoms with van der Waals surface area (Å²) >= 11 is 0.149. The molecule has 20 heavy (non-hydrogen) atoms. The van der Waals surface area contributed by atoms with Gasteiger partial charge in [-0.1, -0.05) is 40.6 Å². The number of hydrogen-bond donors (Lipinski definition) is 0. The van der Waals surface area contributed by atoms with Crippen molar-refractivity contribution in [2.24, 2.45) is 0 Å². The van der Waals surface area contributed by atoms with E-state index in [0.717, 1.165) is 0 Å². The number of rotatable bonds is 11. The molecule has 0 bridgehead atoms. The average Bonchev–Trinajstić information content (AvgIpc) is 2.30. The minimum Gasteiger partial charge on any atom is -1.00 e. The molecule has 0 aromatic heterocycles. The highest BCUT2D eigenvalue weighted by Crippen LogP contribution is 2.17. The summed E-state index contributed by atoms with van der Waals surface area (Å²) < 4.78 is 7.72. The van der Waals surface area contributed by atoms with Gasteiger partial charge in [-0.2, -0.15) is 0 Å². The summed E-state index contributed by atoms with van der Waals surface area (Å²) in [6.45, 7) is 14.0. The van der Waals surface area contributed by atoms with Crippen LogP contribution in [0.15, 0.2) is 0 Å². The summed E-state index contributed by atoms with van der Waals surface area (Å²) in [6, 6.07) is 0. The van der Waals surface area contributed by atoms with Crippen LogP contribution in [0.1, 0.15) is 53.4 Å². The van der Waals surface area contributed by atoms with E-state index in [9.17, 15) is 0 Å². The van der Waals surface area contributed by atoms with Gasteiger partial charge in [-0.05, 0) is 25.7 Å². The van der Waals surface area contributed by atoms with Crippen molar-refractivity contribution < 1.29 is 9.41 Å². The maximum absolute atomic E-state index is 2.66. The standard InChI is InChI=1S/C14H34N3S.2FH/c1-7-11-16(12-8-2)18(15(5)6)17(13-9-3)14-10-4;;/h7-14H2,1-6H3;2*1H/q+1;;/p-1. The second kappa shape index (κ2) is 15.5. The minimum absolute atomic E-state index is 0. The van der Waals surface area contributed by atoms with E-state index >= 15 is 0 Å². The number of halogens is 2. The monoisotopic (exact) mass is 315 g/mol. The molecule has 0 saturated heterocycles. The van der Waals surface area contributed by atoms with Gasteiger partial charge in [-0.3, -0.25) is 4.70 Å². The fourth-order valence-electron chi connectivity index (χ4n) is 2.17. The first-order valence-electron chi connectivity index (χ1n) is 7.54. The second-order valence-electron chi connectivity index (χ2n) is 4.92. The normalized spacial score (nSPS) is 11.1. The highest BCUT2D eigenvalue weighted by Gasteiger charge is 2.38. The van der Waals surface area contributed by atoms with Crippen LogP contribution in [0.5, 0.6) is 0 Å². The molecule has 3 nitrogen and oxygen atoms in total. The Morgan fingerprint density at radius 1 is 0.650 bits per heavy atom. The van der Waals surface area contributed by atoms with Crippen LogP contribution in [0.2, 0.25) is 0 Å². The topological polar surface area (TPSA) is 9.72 Å². The molecule has 0 N–H and O–H groups in total. The van der Waals surface area contributed by atoms with Gasteiger partial charge in [0.05, 0.1) is 0 Å². The van der Waals surface area contributed by atoms with E-state index in [0.29, 0.717) is 0 Å². The molecule has 0 atom stereocenters. The zero-order valence-electron chi connectivity index (χ0n) is 14.2. The Kier molecular flexibility index (Phi) is 19.4. The molecule has 0 heterocycles. The van der Waals surface area contributed by atoms with Crippen LogP contribution in [0, 0.1) is 0 Å². The lowest BCUT2D eigenvalue weighted by Crippen LogP contribution is -3.00. The van der Waals surface area contributed by atoms with E-state index in [4.69, 9.17) is 0 Å². The molecule has 0 spiro atoms. The summed E-state index contributed by atoms with van der Waals surface area (Å²) in [4.78, 5) is 0. The first-order chi connectivity index (χ1) is 8.62. The fraction of sp³-hybridized carbons (Fsp3) is 1.00. The Balaban J connectivity index is -0.00000144. The molecular weight excluding hydrogens is 280 g/mol. The zero-order chi connectivity index (χ0) is 14.0. The Bertz CT molecular complexity index is 169. The van der Waals surface area contributed by atoms with Crippen molar-refractivity contribution in [2.45, 2.75) is 53.4 Å². The highest BCUT2D eigenvalue weighted by atomic mass is 32.2. The van der Waals surface area contributed by atoms with E-state index in [2.05, 4.69) is 54.7 Å². The smallest absolute Gasteiger partial charge is 0.267 e. The van der Waals surface area contributed by atoms with E-state index in [1.807, 2.05) is 0 Å². The third-order valence-electron chi connectivity index (χ3n) is 2.68. The maximum Gasteiger partial charge on any atom is 0.267 e. The first kappa shape index (κ1) is 25.1. The largest absolute Gasteiger partial charge is 1.00 e. The lowest BCUT2D eigenvalue weighted by Gasteiger charge is -2.30. The van der Waals surface area contributed by atoms with Gasteiger partial charge >= 0.3 is 0 Å². The molecule has 0 aromatic carbocycles. The van der Waals surface area contributed by atoms with Crippen molar-refractivity contribution in [2.75, 3.05) is 40.3 Å². The Labute approximate surface area is 128 Å². The molecule has 0 aliphatic heterocycles. The molecule has 0 unspecified atom stereocenters. The van der Waals surface area contributed by atoms with E-state index < -0.39 is 0 Å². The van der Waals surface area contributed by atoms with Crippen LogP contribution < -0.4 is 4.70 Å². The van der Waals surface area contributed by atoms with Crippen molar-refractivity contribution in [3.8, 4) is 0 Å². The van der Waals surface area contributed by atoms with Gasteiger partial charge < -0.3 is 4.70 Å². The molecule has 0 fully saturated rings. The summed E-state index contributed by atoms with van der Waals surface area (Å²) in [5.41, 5.74) is 0. The van der Waals surface area contributed by atoms with Gasteiger partial charge in [-0.25, -0.2) is 0 Å². The third kappa shape index (κ3) is 9.10. The van der Waals surface area contributed by atoms with Gasteiger partial charge in [-0.15, -0.1) is 0 Å². The number of nitrogens with zero attached hydrogens (tertiary/aromatic N) is 3. The van der Waals surface area contributed by atoms with Crippen LogP contribution in [-0.4, -0.2) is 53.2 Å². The molecule has 126 valence electrons. The summed E-state index contributed by atoms with van der Waals surface area (Å²) in [5, 5.41) is 0. The van der Waals surface area contributed by atoms with Crippen LogP contribution in [0.4, 0.5) is 4.70 Å². The van der Waals surface area contributed by atoms with Crippen LogP contribution in [0.3, 0.4) is 0 Å². The van der Waals surface area contributed by atoms with Gasteiger partial charge in [0.2, 0.25) is 0 Å². The van der Waals surface area contributed by atoms with Gasteiger partial charge in [0.25, 0.3) is 11.5 Å². The molecule has 0 rings (SSSR count). The quantitative estimate of drug-likeness (QED) is 0.508. The SMILES string of the molecule is CCCN(CCC)[S+](N(C)C)N(CCC)CCC.F.[F-]. The van der Waals surface area contributed by atoms with Crippen LogP contribution in [-0.2, 0) is 11.5 Å². The Morgan fingerprint density at radius 2 is 0.900 bits per heavy atom. The van der Waals surface area contributed by atoms with Crippen molar-refractivity contribution >= 4 is 11.5 Å². The molecule has 0 aliphatic rings.